The van der Waals surface area contributed by atoms with Crippen molar-refractivity contribution in [3.63, 3.8) is 0 Å². The first kappa shape index (κ1) is 21.3. The minimum Gasteiger partial charge on any atom is -0.493 e. The van der Waals surface area contributed by atoms with Crippen molar-refractivity contribution in [1.29, 1.82) is 0 Å². The predicted octanol–water partition coefficient (Wildman–Crippen LogP) is 3.49. The van der Waals surface area contributed by atoms with Gasteiger partial charge in [-0.2, -0.15) is 13.2 Å². The molecule has 0 aliphatic carbocycles. The van der Waals surface area contributed by atoms with Gasteiger partial charge in [-0.3, -0.25) is 9.59 Å². The number of hydrogen-bond acceptors (Lipinski definition) is 3. The molecule has 0 spiro atoms. The fraction of sp³-hybridized carbons (Fsp3) is 0.300. The van der Waals surface area contributed by atoms with Gasteiger partial charge in [-0.25, -0.2) is 0 Å². The number of ether oxygens (including phenoxy) is 1. The van der Waals surface area contributed by atoms with Crippen LogP contribution in [0, 0.1) is 0 Å². The second-order valence-electron chi connectivity index (χ2n) is 6.02. The number of rotatable bonds is 7. The maximum absolute atomic E-state index is 13.1. The third-order valence-corrected chi connectivity index (χ3v) is 3.99. The van der Waals surface area contributed by atoms with E-state index < -0.39 is 23.6 Å². The van der Waals surface area contributed by atoms with Crippen molar-refractivity contribution < 1.29 is 27.5 Å². The lowest BCUT2D eigenvalue weighted by molar-refractivity contribution is -0.139. The van der Waals surface area contributed by atoms with Gasteiger partial charge in [0.25, 0.3) is 5.91 Å². The van der Waals surface area contributed by atoms with Crippen molar-refractivity contribution in [2.45, 2.75) is 19.6 Å². The molecule has 0 aliphatic rings. The summed E-state index contributed by atoms with van der Waals surface area (Å²) < 4.78 is 44.6. The Hall–Kier alpha value is -3.03. The maximum Gasteiger partial charge on any atom is 0.416 e. The van der Waals surface area contributed by atoms with Gasteiger partial charge in [0, 0.05) is 13.6 Å². The molecule has 0 aliphatic heterocycles. The Balaban J connectivity index is 2.00. The Kier molecular flexibility index (Phi) is 7.03. The van der Waals surface area contributed by atoms with E-state index in [2.05, 4.69) is 5.32 Å². The number of para-hydroxylation sites is 1. The molecule has 2 aromatic carbocycles. The highest BCUT2D eigenvalue weighted by molar-refractivity contribution is 5.98. The van der Waals surface area contributed by atoms with Crippen molar-refractivity contribution in [2.24, 2.45) is 0 Å². The summed E-state index contributed by atoms with van der Waals surface area (Å²) in [6, 6.07) is 11.7. The number of hydrogen-bond donors (Lipinski definition) is 1. The lowest BCUT2D eigenvalue weighted by atomic mass is 10.1. The molecule has 150 valence electrons. The highest BCUT2D eigenvalue weighted by atomic mass is 19.4. The zero-order valence-electron chi connectivity index (χ0n) is 15.5. The summed E-state index contributed by atoms with van der Waals surface area (Å²) in [6.45, 7) is 1.60. The number of nitrogens with zero attached hydrogens (tertiary/aromatic N) is 1. The first-order chi connectivity index (χ1) is 13.2. The van der Waals surface area contributed by atoms with Crippen LogP contribution in [0.3, 0.4) is 0 Å². The van der Waals surface area contributed by atoms with Crippen molar-refractivity contribution >= 4 is 11.8 Å². The van der Waals surface area contributed by atoms with E-state index in [1.54, 1.807) is 31.2 Å². The second-order valence-corrected chi connectivity index (χ2v) is 6.02. The summed E-state index contributed by atoms with van der Waals surface area (Å²) in [7, 11) is 1.38. The van der Waals surface area contributed by atoms with E-state index in [9.17, 15) is 22.8 Å². The van der Waals surface area contributed by atoms with Gasteiger partial charge in [0.1, 0.15) is 5.75 Å². The molecule has 0 saturated heterocycles. The molecule has 1 N–H and O–H groups in total. The topological polar surface area (TPSA) is 58.6 Å². The van der Waals surface area contributed by atoms with Crippen LogP contribution in [0.25, 0.3) is 0 Å². The third kappa shape index (κ3) is 5.48. The maximum atomic E-state index is 13.1. The standard InChI is InChI=1S/C20H21F3N2O3/c1-3-28-17-11-7-5-9-15(17)19(27)24-12-18(26)25(2)13-14-8-4-6-10-16(14)20(21,22)23/h4-11H,3,12-13H2,1-2H3,(H,24,27). The second kappa shape index (κ2) is 9.25. The largest absolute Gasteiger partial charge is 0.493 e. The predicted molar refractivity (Wildman–Crippen MR) is 97.9 cm³/mol. The normalized spacial score (nSPS) is 11.0. The molecule has 2 rings (SSSR count). The SMILES string of the molecule is CCOc1ccccc1C(=O)NCC(=O)N(C)Cc1ccccc1C(F)(F)F. The number of benzene rings is 2. The molecule has 0 saturated carbocycles. The molecule has 0 heterocycles. The smallest absolute Gasteiger partial charge is 0.416 e. The van der Waals surface area contributed by atoms with E-state index in [4.69, 9.17) is 4.74 Å². The van der Waals surface area contributed by atoms with Crippen molar-refractivity contribution in [3.8, 4) is 5.75 Å². The average molecular weight is 394 g/mol. The Morgan fingerprint density at radius 1 is 1.07 bits per heavy atom. The number of alkyl halides is 3. The number of carbonyl (C=O) groups excluding carboxylic acids is 2. The molecule has 0 unspecified atom stereocenters. The van der Waals surface area contributed by atoms with Crippen LogP contribution in [0.5, 0.6) is 5.75 Å². The molecule has 8 heteroatoms. The molecular formula is C20H21F3N2O3. The molecule has 5 nitrogen and oxygen atoms in total. The molecule has 2 amide bonds. The van der Waals surface area contributed by atoms with E-state index in [1.807, 2.05) is 0 Å². The van der Waals surface area contributed by atoms with E-state index in [1.165, 1.54) is 25.2 Å². The van der Waals surface area contributed by atoms with Crippen molar-refractivity contribution in [3.05, 3.63) is 65.2 Å². The van der Waals surface area contributed by atoms with E-state index in [0.717, 1.165) is 11.0 Å². The Bertz CT molecular complexity index is 837. The first-order valence-electron chi connectivity index (χ1n) is 8.63. The van der Waals surface area contributed by atoms with Crippen LogP contribution >= 0.6 is 0 Å². The van der Waals surface area contributed by atoms with Gasteiger partial charge in [0.05, 0.1) is 24.3 Å². The summed E-state index contributed by atoms with van der Waals surface area (Å²) in [5.74, 6) is -0.622. The molecular weight excluding hydrogens is 373 g/mol. The summed E-state index contributed by atoms with van der Waals surface area (Å²) >= 11 is 0. The molecule has 0 bridgehead atoms. The molecule has 0 radical (unpaired) electrons. The third-order valence-electron chi connectivity index (χ3n) is 3.99. The minimum absolute atomic E-state index is 0.0149. The molecule has 0 fully saturated rings. The zero-order valence-corrected chi connectivity index (χ0v) is 15.5. The molecule has 0 atom stereocenters. The van der Waals surface area contributed by atoms with Crippen LogP contribution in [-0.4, -0.2) is 36.9 Å². The molecule has 0 aromatic heterocycles. The van der Waals surface area contributed by atoms with Crippen LogP contribution in [-0.2, 0) is 17.5 Å². The van der Waals surface area contributed by atoms with Gasteiger partial charge in [-0.15, -0.1) is 0 Å². The first-order valence-corrected chi connectivity index (χ1v) is 8.63. The Morgan fingerprint density at radius 3 is 2.39 bits per heavy atom. The summed E-state index contributed by atoms with van der Waals surface area (Å²) in [4.78, 5) is 25.7. The molecule has 28 heavy (non-hydrogen) atoms. The fourth-order valence-corrected chi connectivity index (χ4v) is 2.60. The number of carbonyl (C=O) groups is 2. The lowest BCUT2D eigenvalue weighted by Crippen LogP contribution is -2.38. The van der Waals surface area contributed by atoms with Crippen LogP contribution in [0.15, 0.2) is 48.5 Å². The lowest BCUT2D eigenvalue weighted by Gasteiger charge is -2.20. The fourth-order valence-electron chi connectivity index (χ4n) is 2.60. The average Bonchev–Trinajstić information content (AvgIpc) is 2.66. The van der Waals surface area contributed by atoms with E-state index in [0.29, 0.717) is 12.4 Å². The summed E-state index contributed by atoms with van der Waals surface area (Å²) in [5, 5.41) is 2.48. The van der Waals surface area contributed by atoms with Gasteiger partial charge in [0.2, 0.25) is 5.91 Å². The van der Waals surface area contributed by atoms with Crippen LogP contribution in [0.4, 0.5) is 13.2 Å². The van der Waals surface area contributed by atoms with Crippen LogP contribution < -0.4 is 10.1 Å². The minimum atomic E-state index is -4.50. The van der Waals surface area contributed by atoms with E-state index in [-0.39, 0.29) is 24.2 Å². The number of nitrogens with one attached hydrogen (secondary N) is 1. The Morgan fingerprint density at radius 2 is 1.71 bits per heavy atom. The van der Waals surface area contributed by atoms with Crippen LogP contribution in [0.1, 0.15) is 28.4 Å². The quantitative estimate of drug-likeness (QED) is 0.782. The highest BCUT2D eigenvalue weighted by Gasteiger charge is 2.33. The van der Waals surface area contributed by atoms with Gasteiger partial charge in [0.15, 0.2) is 0 Å². The van der Waals surface area contributed by atoms with Crippen molar-refractivity contribution in [1.82, 2.24) is 10.2 Å². The Labute approximate surface area is 161 Å². The number of amides is 2. The van der Waals surface area contributed by atoms with Gasteiger partial charge in [-0.05, 0) is 30.7 Å². The molecule has 2 aromatic rings. The van der Waals surface area contributed by atoms with Gasteiger partial charge < -0.3 is 15.0 Å². The number of likely N-dealkylation sites (N-methyl/N-ethyl adjacent to an activating group) is 1. The monoisotopic (exact) mass is 394 g/mol. The summed E-state index contributed by atoms with van der Waals surface area (Å²) in [6.07, 6.45) is -4.50. The highest BCUT2D eigenvalue weighted by Crippen LogP contribution is 2.32. The number of halogens is 3. The summed E-state index contributed by atoms with van der Waals surface area (Å²) in [5.41, 5.74) is -0.523. The van der Waals surface area contributed by atoms with Crippen molar-refractivity contribution in [2.75, 3.05) is 20.2 Å². The zero-order chi connectivity index (χ0) is 20.7. The van der Waals surface area contributed by atoms with Crippen LogP contribution in [0.2, 0.25) is 0 Å². The van der Waals surface area contributed by atoms with E-state index >= 15 is 0 Å². The van der Waals surface area contributed by atoms with Gasteiger partial charge >= 0.3 is 6.18 Å². The van der Waals surface area contributed by atoms with Gasteiger partial charge in [-0.1, -0.05) is 30.3 Å².